The van der Waals surface area contributed by atoms with Crippen LogP contribution in [0.5, 0.6) is 11.5 Å². The van der Waals surface area contributed by atoms with Gasteiger partial charge in [0, 0.05) is 30.1 Å². The molecule has 0 heterocycles. The van der Waals surface area contributed by atoms with Crippen LogP contribution in [-0.4, -0.2) is 58.0 Å². The lowest BCUT2D eigenvalue weighted by atomic mass is 10.0. The van der Waals surface area contributed by atoms with E-state index >= 15 is 0 Å². The van der Waals surface area contributed by atoms with E-state index in [1.165, 1.54) is 37.3 Å². The second-order valence-corrected chi connectivity index (χ2v) is 13.1. The van der Waals surface area contributed by atoms with Gasteiger partial charge in [0.25, 0.3) is 10.0 Å². The smallest absolute Gasteiger partial charge is 0.264 e. The average molecular weight is 664 g/mol. The average Bonchev–Trinajstić information content (AvgIpc) is 3.06. The van der Waals surface area contributed by atoms with Crippen molar-refractivity contribution in [3.8, 4) is 11.5 Å². The molecular weight excluding hydrogens is 626 g/mol. The normalized spacial score (nSPS) is 11.9. The maximum absolute atomic E-state index is 14.5. The number of hydrogen-bond acceptors (Lipinski definition) is 6. The monoisotopic (exact) mass is 663 g/mol. The molecule has 4 aromatic rings. The van der Waals surface area contributed by atoms with Crippen LogP contribution >= 0.6 is 11.6 Å². The Labute approximate surface area is 275 Å². The molecule has 46 heavy (non-hydrogen) atoms. The third-order valence-corrected chi connectivity index (χ3v) is 9.41. The summed E-state index contributed by atoms with van der Waals surface area (Å²) in [5.41, 5.74) is 1.72. The minimum atomic E-state index is -4.32. The highest BCUT2D eigenvalue weighted by Crippen LogP contribution is 2.32. The van der Waals surface area contributed by atoms with Gasteiger partial charge in [-0.25, -0.2) is 8.42 Å². The molecule has 4 aromatic carbocycles. The van der Waals surface area contributed by atoms with Gasteiger partial charge in [-0.05, 0) is 55.3 Å². The zero-order chi connectivity index (χ0) is 33.3. The van der Waals surface area contributed by atoms with Gasteiger partial charge in [0.15, 0.2) is 11.5 Å². The molecule has 1 N–H and O–H groups in total. The molecule has 0 bridgehead atoms. The zero-order valence-electron chi connectivity index (χ0n) is 26.2. The minimum Gasteiger partial charge on any atom is -0.493 e. The highest BCUT2D eigenvalue weighted by atomic mass is 35.5. The Hall–Kier alpha value is -4.54. The van der Waals surface area contributed by atoms with Gasteiger partial charge < -0.3 is 19.7 Å². The summed E-state index contributed by atoms with van der Waals surface area (Å²) in [4.78, 5) is 29.6. The van der Waals surface area contributed by atoms with Crippen LogP contribution in [0.1, 0.15) is 25.0 Å². The summed E-state index contributed by atoms with van der Waals surface area (Å²) in [7, 11) is -1.46. The summed E-state index contributed by atoms with van der Waals surface area (Å²) in [6.45, 7) is 3.06. The van der Waals surface area contributed by atoms with E-state index in [1.807, 2.05) is 44.2 Å². The molecule has 0 saturated carbocycles. The number of carbonyl (C=O) groups is 2. The molecule has 1 atom stereocenters. The number of nitrogens with one attached hydrogen (secondary N) is 1. The van der Waals surface area contributed by atoms with E-state index in [2.05, 4.69) is 5.32 Å². The number of halogens is 1. The maximum Gasteiger partial charge on any atom is 0.264 e. The van der Waals surface area contributed by atoms with Gasteiger partial charge >= 0.3 is 0 Å². The van der Waals surface area contributed by atoms with Crippen LogP contribution in [0.4, 0.5) is 5.69 Å². The third kappa shape index (κ3) is 8.38. The molecule has 0 fully saturated rings. The summed E-state index contributed by atoms with van der Waals surface area (Å²) >= 11 is 6.54. The molecule has 0 saturated heterocycles. The lowest BCUT2D eigenvalue weighted by Crippen LogP contribution is -2.54. The summed E-state index contributed by atoms with van der Waals surface area (Å²) in [6.07, 6.45) is 0.198. The van der Waals surface area contributed by atoms with Crippen LogP contribution in [0.15, 0.2) is 108 Å². The van der Waals surface area contributed by atoms with Gasteiger partial charge in [0.1, 0.15) is 12.6 Å². The Kier molecular flexibility index (Phi) is 11.7. The number of hydrogen-bond donors (Lipinski definition) is 1. The number of benzene rings is 4. The Morgan fingerprint density at radius 3 is 2.04 bits per heavy atom. The predicted octanol–water partition coefficient (Wildman–Crippen LogP) is 5.72. The van der Waals surface area contributed by atoms with Crippen molar-refractivity contribution in [2.45, 2.75) is 43.8 Å². The quantitative estimate of drug-likeness (QED) is 0.185. The number of carbonyl (C=O) groups excluding carboxylic acids is 2. The molecule has 9 nitrogen and oxygen atoms in total. The number of anilines is 1. The van der Waals surface area contributed by atoms with Gasteiger partial charge in [-0.15, -0.1) is 0 Å². The second-order valence-electron chi connectivity index (χ2n) is 10.8. The molecule has 0 unspecified atom stereocenters. The van der Waals surface area contributed by atoms with Crippen LogP contribution in [0, 0.1) is 0 Å². The topological polar surface area (TPSA) is 105 Å². The highest BCUT2D eigenvalue weighted by molar-refractivity contribution is 7.92. The van der Waals surface area contributed by atoms with E-state index in [1.54, 1.807) is 54.6 Å². The molecule has 0 spiro atoms. The van der Waals surface area contributed by atoms with Crippen molar-refractivity contribution in [2.75, 3.05) is 25.1 Å². The van der Waals surface area contributed by atoms with Gasteiger partial charge in [-0.2, -0.15) is 0 Å². The maximum atomic E-state index is 14.5. The minimum absolute atomic E-state index is 0.0272. The molecule has 242 valence electrons. The molecule has 11 heteroatoms. The number of nitrogens with zero attached hydrogens (tertiary/aromatic N) is 2. The lowest BCUT2D eigenvalue weighted by Gasteiger charge is -2.34. The first-order valence-electron chi connectivity index (χ1n) is 14.7. The van der Waals surface area contributed by atoms with Crippen LogP contribution < -0.4 is 19.1 Å². The molecule has 0 radical (unpaired) electrons. The fourth-order valence-electron chi connectivity index (χ4n) is 4.97. The standard InChI is InChI=1S/C35H38ClN3O6S/c1-25(2)37-35(41)31(21-26-13-7-5-8-14-26)38(23-27-15-11-12-18-30(27)36)34(40)24-39(28-16-9-6-10-17-28)46(42,43)29-19-20-32(44-3)33(22-29)45-4/h5-20,22,25,31H,21,23-24H2,1-4H3,(H,37,41)/t31-/m1/s1. The Morgan fingerprint density at radius 1 is 0.826 bits per heavy atom. The van der Waals surface area contributed by atoms with E-state index in [4.69, 9.17) is 21.1 Å². The first-order chi connectivity index (χ1) is 22.0. The van der Waals surface area contributed by atoms with Crippen LogP contribution in [0.2, 0.25) is 5.02 Å². The molecule has 2 amide bonds. The zero-order valence-corrected chi connectivity index (χ0v) is 27.8. The number of rotatable bonds is 14. The fourth-order valence-corrected chi connectivity index (χ4v) is 6.60. The Morgan fingerprint density at radius 2 is 1.43 bits per heavy atom. The summed E-state index contributed by atoms with van der Waals surface area (Å²) in [5, 5.41) is 3.36. The predicted molar refractivity (Wildman–Crippen MR) is 180 cm³/mol. The van der Waals surface area contributed by atoms with E-state index in [-0.39, 0.29) is 41.2 Å². The first-order valence-corrected chi connectivity index (χ1v) is 16.5. The fraction of sp³-hybridized carbons (Fsp3) is 0.257. The first kappa shape index (κ1) is 34.3. The third-order valence-electron chi connectivity index (χ3n) is 7.27. The van der Waals surface area contributed by atoms with Crippen LogP contribution in [-0.2, 0) is 32.6 Å². The number of amides is 2. The molecule has 0 aliphatic rings. The van der Waals surface area contributed by atoms with E-state index in [0.717, 1.165) is 9.87 Å². The van der Waals surface area contributed by atoms with Crippen molar-refractivity contribution >= 4 is 39.1 Å². The van der Waals surface area contributed by atoms with Crippen molar-refractivity contribution in [1.82, 2.24) is 10.2 Å². The molecule has 0 aliphatic heterocycles. The Bertz CT molecular complexity index is 1740. The number of ether oxygens (including phenoxy) is 2. The molecule has 0 aromatic heterocycles. The van der Waals surface area contributed by atoms with E-state index < -0.39 is 28.5 Å². The van der Waals surface area contributed by atoms with Crippen molar-refractivity contribution in [3.63, 3.8) is 0 Å². The summed E-state index contributed by atoms with van der Waals surface area (Å²) in [6, 6.07) is 27.8. The second kappa shape index (κ2) is 15.6. The molecular formula is C35H38ClN3O6S. The van der Waals surface area contributed by atoms with Crippen LogP contribution in [0.3, 0.4) is 0 Å². The van der Waals surface area contributed by atoms with Crippen LogP contribution in [0.25, 0.3) is 0 Å². The van der Waals surface area contributed by atoms with Gasteiger partial charge in [0.2, 0.25) is 11.8 Å². The van der Waals surface area contributed by atoms with E-state index in [0.29, 0.717) is 16.3 Å². The summed E-state index contributed by atoms with van der Waals surface area (Å²) < 4.78 is 40.2. The number of para-hydroxylation sites is 1. The SMILES string of the molecule is COc1ccc(S(=O)(=O)N(CC(=O)N(Cc2ccccc2Cl)[C@H](Cc2ccccc2)C(=O)NC(C)C)c2ccccc2)cc1OC. The van der Waals surface area contributed by atoms with Gasteiger partial charge in [-0.3, -0.25) is 13.9 Å². The van der Waals surface area contributed by atoms with Gasteiger partial charge in [-0.1, -0.05) is 78.3 Å². The van der Waals surface area contributed by atoms with E-state index in [9.17, 15) is 18.0 Å². The van der Waals surface area contributed by atoms with Gasteiger partial charge in [0.05, 0.1) is 24.8 Å². The number of methoxy groups -OCH3 is 2. The van der Waals surface area contributed by atoms with Crippen molar-refractivity contribution < 1.29 is 27.5 Å². The highest BCUT2D eigenvalue weighted by Gasteiger charge is 2.35. The lowest BCUT2D eigenvalue weighted by molar-refractivity contribution is -0.140. The molecule has 4 rings (SSSR count). The largest absolute Gasteiger partial charge is 0.493 e. The van der Waals surface area contributed by atoms with Crippen molar-refractivity contribution in [2.24, 2.45) is 0 Å². The molecule has 0 aliphatic carbocycles. The number of sulfonamides is 1. The summed E-state index contributed by atoms with van der Waals surface area (Å²) in [5.74, 6) is -0.382. The van der Waals surface area contributed by atoms with Crippen molar-refractivity contribution in [1.29, 1.82) is 0 Å². The van der Waals surface area contributed by atoms with Crippen molar-refractivity contribution in [3.05, 3.63) is 119 Å². The Balaban J connectivity index is 1.82.